The largest absolute Gasteiger partial charge is 0.147 e. The number of para-hydroxylation sites is 1. The van der Waals surface area contributed by atoms with Crippen LogP contribution in [0.2, 0.25) is 0 Å². The minimum absolute atomic E-state index is 0. The van der Waals surface area contributed by atoms with Gasteiger partial charge in [-0.25, -0.2) is 0 Å². The Hall–Kier alpha value is -0.406. The zero-order valence-electron chi connectivity index (χ0n) is 10.2. The van der Waals surface area contributed by atoms with Crippen LogP contribution in [0.3, 0.4) is 0 Å². The summed E-state index contributed by atoms with van der Waals surface area (Å²) in [6, 6.07) is 5.97. The van der Waals surface area contributed by atoms with Gasteiger partial charge in [-0.3, -0.25) is 0 Å². The zero-order valence-corrected chi connectivity index (χ0v) is 13.4. The first-order valence-electron chi connectivity index (χ1n) is 5.10. The SMILES string of the molecule is COc1cccc(C2=[C]([Ti])CC=C2)c1OC.Cl.Cl. The second kappa shape index (κ2) is 7.90. The van der Waals surface area contributed by atoms with Crippen molar-refractivity contribution in [3.8, 4) is 11.5 Å². The normalized spacial score (nSPS) is 12.7. The summed E-state index contributed by atoms with van der Waals surface area (Å²) in [7, 11) is 3.34. The minimum atomic E-state index is 0. The van der Waals surface area contributed by atoms with Gasteiger partial charge in [-0.15, -0.1) is 24.8 Å². The van der Waals surface area contributed by atoms with E-state index in [0.717, 1.165) is 23.5 Å². The fourth-order valence-corrected chi connectivity index (χ4v) is 2.38. The molecule has 0 unspecified atom stereocenters. The number of allylic oxidation sites excluding steroid dienone is 4. The molecule has 0 spiro atoms. The van der Waals surface area contributed by atoms with Gasteiger partial charge in [-0.05, 0) is 0 Å². The predicted octanol–water partition coefficient (Wildman–Crippen LogP) is 3.77. The number of halogens is 2. The molecule has 0 bridgehead atoms. The molecule has 0 N–H and O–H groups in total. The van der Waals surface area contributed by atoms with Crippen molar-refractivity contribution in [1.29, 1.82) is 0 Å². The second-order valence-corrected chi connectivity index (χ2v) is 4.48. The Morgan fingerprint density at radius 2 is 1.83 bits per heavy atom. The summed E-state index contributed by atoms with van der Waals surface area (Å²) in [6.07, 6.45) is 5.34. The van der Waals surface area contributed by atoms with Gasteiger partial charge in [0.25, 0.3) is 0 Å². The quantitative estimate of drug-likeness (QED) is 0.789. The molecule has 0 saturated carbocycles. The smallest absolute Gasteiger partial charge is 0.147 e. The van der Waals surface area contributed by atoms with Crippen LogP contribution in [-0.4, -0.2) is 14.2 Å². The number of methoxy groups -OCH3 is 2. The minimum Gasteiger partial charge on any atom is -0.147 e. The Labute approximate surface area is 132 Å². The summed E-state index contributed by atoms with van der Waals surface area (Å²) in [5, 5.41) is 0. The molecule has 0 aromatic heterocycles. The summed E-state index contributed by atoms with van der Waals surface area (Å²) >= 11 is 2.15. The molecule has 97 valence electrons. The fourth-order valence-electron chi connectivity index (χ4n) is 1.86. The summed E-state index contributed by atoms with van der Waals surface area (Å²) in [5.41, 5.74) is 2.35. The van der Waals surface area contributed by atoms with Crippen molar-refractivity contribution < 1.29 is 29.9 Å². The molecule has 0 radical (unpaired) electrons. The van der Waals surface area contributed by atoms with Crippen molar-refractivity contribution >= 4 is 30.4 Å². The molecule has 2 nitrogen and oxygen atoms in total. The predicted molar refractivity (Wildman–Crippen MR) is 74.7 cm³/mol. The Kier molecular flexibility index (Phi) is 7.73. The molecule has 1 aliphatic carbocycles. The van der Waals surface area contributed by atoms with Crippen molar-refractivity contribution in [3.05, 3.63) is 39.8 Å². The molecule has 1 aromatic rings. The molecular weight excluding hydrogens is 307 g/mol. The third-order valence-electron chi connectivity index (χ3n) is 2.62. The first-order chi connectivity index (χ1) is 7.77. The molecule has 2 rings (SSSR count). The molecule has 0 fully saturated rings. The van der Waals surface area contributed by atoms with E-state index >= 15 is 0 Å². The van der Waals surface area contributed by atoms with Crippen molar-refractivity contribution in [1.82, 2.24) is 0 Å². The molecular formula is C13H15Cl2O2Ti. The van der Waals surface area contributed by atoms with Crippen LogP contribution >= 0.6 is 24.8 Å². The van der Waals surface area contributed by atoms with Gasteiger partial charge in [0.2, 0.25) is 0 Å². The van der Waals surface area contributed by atoms with Crippen molar-refractivity contribution in [2.75, 3.05) is 14.2 Å². The molecule has 1 aliphatic rings. The van der Waals surface area contributed by atoms with Crippen LogP contribution < -0.4 is 9.47 Å². The van der Waals surface area contributed by atoms with Crippen molar-refractivity contribution in [3.63, 3.8) is 0 Å². The fraction of sp³-hybridized carbons (Fsp3) is 0.231. The van der Waals surface area contributed by atoms with Gasteiger partial charge in [-0.1, -0.05) is 0 Å². The van der Waals surface area contributed by atoms with E-state index in [2.05, 4.69) is 38.7 Å². The molecule has 18 heavy (non-hydrogen) atoms. The maximum Gasteiger partial charge on any atom is -0.147 e. The number of hydrogen-bond donors (Lipinski definition) is 0. The maximum absolute atomic E-state index is 5.44. The van der Waals surface area contributed by atoms with Crippen LogP contribution in [0.15, 0.2) is 34.2 Å². The van der Waals surface area contributed by atoms with Gasteiger partial charge in [0.05, 0.1) is 0 Å². The summed E-state index contributed by atoms with van der Waals surface area (Å²) in [6.45, 7) is 0. The van der Waals surface area contributed by atoms with E-state index < -0.39 is 0 Å². The molecule has 0 saturated heterocycles. The monoisotopic (exact) mass is 321 g/mol. The van der Waals surface area contributed by atoms with E-state index in [1.165, 1.54) is 9.45 Å². The van der Waals surface area contributed by atoms with Crippen molar-refractivity contribution in [2.24, 2.45) is 0 Å². The first-order valence-corrected chi connectivity index (χ1v) is 5.88. The number of ether oxygens (including phenoxy) is 2. The van der Waals surface area contributed by atoms with Crippen LogP contribution in [0.4, 0.5) is 0 Å². The summed E-state index contributed by atoms with van der Waals surface area (Å²) in [4.78, 5) is 0. The number of hydrogen-bond acceptors (Lipinski definition) is 2. The van der Waals surface area contributed by atoms with Gasteiger partial charge in [0.15, 0.2) is 0 Å². The molecule has 0 aliphatic heterocycles. The zero-order chi connectivity index (χ0) is 11.5. The Morgan fingerprint density at radius 3 is 2.33 bits per heavy atom. The van der Waals surface area contributed by atoms with E-state index in [1.54, 1.807) is 14.2 Å². The Balaban J connectivity index is 0.00000144. The average molecular weight is 322 g/mol. The standard InChI is InChI=1S/C13H13O2.2ClH.Ti/c1-14-12-9-5-8-11(13(12)15-2)10-6-3-4-7-10;;;/h3,5-6,8-9H,4H2,1-2H3;2*1H;. The van der Waals surface area contributed by atoms with E-state index in [4.69, 9.17) is 9.47 Å². The van der Waals surface area contributed by atoms with Gasteiger partial charge in [-0.2, -0.15) is 0 Å². The molecule has 0 atom stereocenters. The van der Waals surface area contributed by atoms with Gasteiger partial charge >= 0.3 is 107 Å². The van der Waals surface area contributed by atoms with E-state index in [9.17, 15) is 0 Å². The Morgan fingerprint density at radius 1 is 1.11 bits per heavy atom. The topological polar surface area (TPSA) is 18.5 Å². The van der Waals surface area contributed by atoms with E-state index in [0.29, 0.717) is 0 Å². The van der Waals surface area contributed by atoms with Crippen LogP contribution in [0.5, 0.6) is 11.5 Å². The number of benzene rings is 1. The summed E-state index contributed by atoms with van der Waals surface area (Å²) in [5.74, 6) is 1.59. The first kappa shape index (κ1) is 17.6. The maximum atomic E-state index is 5.44. The van der Waals surface area contributed by atoms with Crippen LogP contribution in [0.1, 0.15) is 12.0 Å². The molecule has 1 aromatic carbocycles. The van der Waals surface area contributed by atoms with Gasteiger partial charge < -0.3 is 0 Å². The van der Waals surface area contributed by atoms with Gasteiger partial charge in [0, 0.05) is 0 Å². The van der Waals surface area contributed by atoms with Crippen LogP contribution in [0, 0.1) is 0 Å². The van der Waals surface area contributed by atoms with Crippen LogP contribution in [0.25, 0.3) is 5.57 Å². The van der Waals surface area contributed by atoms with E-state index in [-0.39, 0.29) is 24.8 Å². The van der Waals surface area contributed by atoms with E-state index in [1.807, 2.05) is 12.1 Å². The van der Waals surface area contributed by atoms with Crippen molar-refractivity contribution in [2.45, 2.75) is 6.42 Å². The average Bonchev–Trinajstić information content (AvgIpc) is 2.74. The van der Waals surface area contributed by atoms with Crippen LogP contribution in [-0.2, 0) is 20.4 Å². The number of rotatable bonds is 3. The molecule has 5 heteroatoms. The molecule has 0 amide bonds. The summed E-state index contributed by atoms with van der Waals surface area (Å²) < 4.78 is 12.1. The third kappa shape index (κ3) is 3.33. The van der Waals surface area contributed by atoms with Gasteiger partial charge in [0.1, 0.15) is 0 Å². The molecule has 0 heterocycles. The third-order valence-corrected chi connectivity index (χ3v) is 3.36. The Bertz CT molecular complexity index is 470. The second-order valence-electron chi connectivity index (χ2n) is 3.54.